The Morgan fingerprint density at radius 2 is 1.12 bits per heavy atom. The Balaban J connectivity index is 1.67. The summed E-state index contributed by atoms with van der Waals surface area (Å²) >= 11 is 0. The molecule has 4 aromatic heterocycles. The molecule has 0 atom stereocenters. The van der Waals surface area contributed by atoms with E-state index in [0.29, 0.717) is 0 Å². The van der Waals surface area contributed by atoms with Gasteiger partial charge < -0.3 is 9.13 Å². The molecule has 0 fully saturated rings. The maximum atomic E-state index is 4.90. The summed E-state index contributed by atoms with van der Waals surface area (Å²) in [6, 6.07) is 34.0. The van der Waals surface area contributed by atoms with Crippen LogP contribution in [0.15, 0.2) is 122 Å². The third kappa shape index (κ3) is 2.71. The third-order valence-corrected chi connectivity index (χ3v) is 7.96. The van der Waals surface area contributed by atoms with Crippen LogP contribution in [0.3, 0.4) is 0 Å². The van der Waals surface area contributed by atoms with Gasteiger partial charge in [0.05, 0.1) is 38.8 Å². The molecule has 9 aromatic rings. The lowest BCUT2D eigenvalue weighted by molar-refractivity contribution is 1.14. The standard InChI is InChI=1S/C34H20N6/c1-2-10-22(11-3-1)39-26-14-6-5-13-24(26)30-32-25(18-36-20-38-32)29-23-12-4-7-15-27(23)40(33(29)34(30)39)28-16-8-9-21-17-35-19-37-31(21)28/h1-20H. The lowest BCUT2D eigenvalue weighted by Gasteiger charge is -2.14. The normalized spacial score (nSPS) is 12.0. The van der Waals surface area contributed by atoms with Crippen molar-refractivity contribution < 1.29 is 0 Å². The highest BCUT2D eigenvalue weighted by molar-refractivity contribution is 6.35. The van der Waals surface area contributed by atoms with Gasteiger partial charge in [0.2, 0.25) is 0 Å². The van der Waals surface area contributed by atoms with Crippen molar-refractivity contribution in [2.75, 3.05) is 0 Å². The topological polar surface area (TPSA) is 61.4 Å². The second kappa shape index (κ2) is 7.94. The van der Waals surface area contributed by atoms with E-state index in [1.54, 1.807) is 12.7 Å². The molecule has 0 aliphatic heterocycles. The summed E-state index contributed by atoms with van der Waals surface area (Å²) in [4.78, 5) is 18.5. The first kappa shape index (κ1) is 21.3. The van der Waals surface area contributed by atoms with E-state index in [-0.39, 0.29) is 0 Å². The molecule has 4 heterocycles. The van der Waals surface area contributed by atoms with Gasteiger partial charge >= 0.3 is 0 Å². The van der Waals surface area contributed by atoms with Gasteiger partial charge in [0.1, 0.15) is 12.7 Å². The van der Waals surface area contributed by atoms with Gasteiger partial charge in [0.25, 0.3) is 0 Å². The van der Waals surface area contributed by atoms with E-state index in [2.05, 4.69) is 116 Å². The molecular weight excluding hydrogens is 492 g/mol. The zero-order chi connectivity index (χ0) is 26.2. The third-order valence-electron chi connectivity index (χ3n) is 7.96. The molecule has 0 unspecified atom stereocenters. The minimum Gasteiger partial charge on any atom is -0.307 e. The molecule has 0 radical (unpaired) electrons. The van der Waals surface area contributed by atoms with Crippen LogP contribution in [-0.4, -0.2) is 29.1 Å². The van der Waals surface area contributed by atoms with Crippen LogP contribution in [0.5, 0.6) is 0 Å². The van der Waals surface area contributed by atoms with Crippen molar-refractivity contribution in [3.8, 4) is 11.4 Å². The number of fused-ring (bicyclic) bond motifs is 11. The lowest BCUT2D eigenvalue weighted by Crippen LogP contribution is -2.00. The largest absolute Gasteiger partial charge is 0.307 e. The number of rotatable bonds is 2. The van der Waals surface area contributed by atoms with Crippen LogP contribution in [0, 0.1) is 0 Å². The molecule has 0 saturated carbocycles. The highest BCUT2D eigenvalue weighted by atomic mass is 15.1. The van der Waals surface area contributed by atoms with Crippen LogP contribution >= 0.6 is 0 Å². The maximum absolute atomic E-state index is 4.90. The predicted molar refractivity (Wildman–Crippen MR) is 161 cm³/mol. The molecule has 186 valence electrons. The first-order valence-electron chi connectivity index (χ1n) is 13.2. The van der Waals surface area contributed by atoms with Gasteiger partial charge in [-0.2, -0.15) is 0 Å². The molecule has 40 heavy (non-hydrogen) atoms. The van der Waals surface area contributed by atoms with Crippen LogP contribution in [0.4, 0.5) is 0 Å². The number of hydrogen-bond acceptors (Lipinski definition) is 4. The van der Waals surface area contributed by atoms with Crippen LogP contribution < -0.4 is 0 Å². The van der Waals surface area contributed by atoms with Crippen LogP contribution in [-0.2, 0) is 0 Å². The average molecular weight is 513 g/mol. The van der Waals surface area contributed by atoms with Crippen molar-refractivity contribution in [3.05, 3.63) is 122 Å². The number of nitrogens with zero attached hydrogens (tertiary/aromatic N) is 6. The number of benzene rings is 5. The summed E-state index contributed by atoms with van der Waals surface area (Å²) in [5.74, 6) is 0. The Hall–Kier alpha value is -5.62. The van der Waals surface area contributed by atoms with E-state index in [1.807, 2.05) is 12.4 Å². The fourth-order valence-electron chi connectivity index (χ4n) is 6.43. The van der Waals surface area contributed by atoms with E-state index >= 15 is 0 Å². The molecule has 9 rings (SSSR count). The summed E-state index contributed by atoms with van der Waals surface area (Å²) in [6.45, 7) is 0. The van der Waals surface area contributed by atoms with Crippen LogP contribution in [0.2, 0.25) is 0 Å². The molecule has 0 aliphatic rings. The summed E-state index contributed by atoms with van der Waals surface area (Å²) in [5.41, 5.74) is 8.40. The number of hydrogen-bond donors (Lipinski definition) is 0. The van der Waals surface area contributed by atoms with Crippen molar-refractivity contribution in [1.82, 2.24) is 29.1 Å². The Morgan fingerprint density at radius 3 is 1.95 bits per heavy atom. The molecule has 6 heteroatoms. The van der Waals surface area contributed by atoms with Crippen LogP contribution in [0.1, 0.15) is 0 Å². The average Bonchev–Trinajstić information content (AvgIpc) is 3.55. The lowest BCUT2D eigenvalue weighted by atomic mass is 10.0. The SMILES string of the molecule is c1ccc(-n2c3ccccc3c3c4ncncc4c4c5ccccc5n(-c5cccc6cncnc56)c4c32)cc1. The van der Waals surface area contributed by atoms with E-state index in [4.69, 9.17) is 9.97 Å². The van der Waals surface area contributed by atoms with Gasteiger partial charge in [0.15, 0.2) is 0 Å². The monoisotopic (exact) mass is 512 g/mol. The minimum absolute atomic E-state index is 0.903. The predicted octanol–water partition coefficient (Wildman–Crippen LogP) is 7.77. The molecule has 0 amide bonds. The van der Waals surface area contributed by atoms with Gasteiger partial charge in [-0.25, -0.2) is 19.9 Å². The van der Waals surface area contributed by atoms with Crippen molar-refractivity contribution in [2.45, 2.75) is 0 Å². The maximum Gasteiger partial charge on any atom is 0.116 e. The van der Waals surface area contributed by atoms with E-state index in [1.165, 1.54) is 0 Å². The second-order valence-electron chi connectivity index (χ2n) is 10.0. The van der Waals surface area contributed by atoms with Gasteiger partial charge in [-0.15, -0.1) is 0 Å². The van der Waals surface area contributed by atoms with Crippen LogP contribution in [0.25, 0.3) is 76.8 Å². The quantitative estimate of drug-likeness (QED) is 0.237. The highest BCUT2D eigenvalue weighted by Crippen LogP contribution is 2.46. The van der Waals surface area contributed by atoms with Crippen molar-refractivity contribution >= 4 is 65.4 Å². The Morgan fingerprint density at radius 1 is 0.475 bits per heavy atom. The summed E-state index contributed by atoms with van der Waals surface area (Å²) in [6.07, 6.45) is 7.11. The zero-order valence-corrected chi connectivity index (χ0v) is 21.2. The van der Waals surface area contributed by atoms with Gasteiger partial charge in [-0.05, 0) is 30.3 Å². The summed E-state index contributed by atoms with van der Waals surface area (Å²) < 4.78 is 4.75. The summed E-state index contributed by atoms with van der Waals surface area (Å²) in [5, 5.41) is 6.58. The molecule has 0 aliphatic carbocycles. The Kier molecular flexibility index (Phi) is 4.24. The fraction of sp³-hybridized carbons (Fsp3) is 0. The van der Waals surface area contributed by atoms with Gasteiger partial charge in [0, 0.05) is 50.4 Å². The zero-order valence-electron chi connectivity index (χ0n) is 21.2. The molecule has 6 nitrogen and oxygen atoms in total. The number of aromatic nitrogens is 6. The van der Waals surface area contributed by atoms with E-state index in [9.17, 15) is 0 Å². The first-order valence-corrected chi connectivity index (χ1v) is 13.2. The Bertz CT molecular complexity index is 2430. The smallest absolute Gasteiger partial charge is 0.116 e. The first-order chi connectivity index (χ1) is 19.9. The molecule has 0 bridgehead atoms. The highest BCUT2D eigenvalue weighted by Gasteiger charge is 2.25. The van der Waals surface area contributed by atoms with E-state index in [0.717, 1.165) is 76.8 Å². The van der Waals surface area contributed by atoms with Crippen molar-refractivity contribution in [3.63, 3.8) is 0 Å². The minimum atomic E-state index is 0.903. The Labute approximate surface area is 227 Å². The van der Waals surface area contributed by atoms with Gasteiger partial charge in [-0.3, -0.25) is 0 Å². The molecule has 0 N–H and O–H groups in total. The second-order valence-corrected chi connectivity index (χ2v) is 10.0. The van der Waals surface area contributed by atoms with Gasteiger partial charge in [-0.1, -0.05) is 66.7 Å². The molecule has 5 aromatic carbocycles. The summed E-state index contributed by atoms with van der Waals surface area (Å²) in [7, 11) is 0. The number of para-hydroxylation sites is 4. The van der Waals surface area contributed by atoms with Crippen molar-refractivity contribution in [2.24, 2.45) is 0 Å². The van der Waals surface area contributed by atoms with E-state index < -0.39 is 0 Å². The molecule has 0 spiro atoms. The van der Waals surface area contributed by atoms with Crippen molar-refractivity contribution in [1.29, 1.82) is 0 Å². The molecular formula is C34H20N6. The molecule has 0 saturated heterocycles. The fourth-order valence-corrected chi connectivity index (χ4v) is 6.43.